The van der Waals surface area contributed by atoms with E-state index < -0.39 is 5.91 Å². The van der Waals surface area contributed by atoms with Gasteiger partial charge in [-0.15, -0.1) is 0 Å². The Bertz CT molecular complexity index is 1790. The first kappa shape index (κ1) is 28.4. The Labute approximate surface area is 267 Å². The predicted molar refractivity (Wildman–Crippen MR) is 178 cm³/mol. The first-order valence-electron chi connectivity index (χ1n) is 15.8. The van der Waals surface area contributed by atoms with Crippen molar-refractivity contribution in [3.63, 3.8) is 0 Å². The van der Waals surface area contributed by atoms with Crippen molar-refractivity contribution in [2.45, 2.75) is 19.3 Å². The molecule has 1 spiro atoms. The van der Waals surface area contributed by atoms with Crippen LogP contribution in [0.2, 0.25) is 5.02 Å². The molecule has 4 aromatic rings. The smallest absolute Gasteiger partial charge is 0.250 e. The number of fused-ring (bicyclic) bond motifs is 2. The number of amides is 1. The van der Waals surface area contributed by atoms with Crippen molar-refractivity contribution in [3.05, 3.63) is 82.5 Å². The molecular weight excluding hydrogens is 588 g/mol. The molecule has 5 heterocycles. The number of allylic oxidation sites excluding steroid dienone is 1. The highest BCUT2D eigenvalue weighted by atomic mass is 35.5. The van der Waals surface area contributed by atoms with Crippen LogP contribution < -0.4 is 20.3 Å². The Hall–Kier alpha value is -4.05. The summed E-state index contributed by atoms with van der Waals surface area (Å²) >= 11 is 6.23. The van der Waals surface area contributed by atoms with E-state index in [1.165, 1.54) is 17.6 Å². The monoisotopic (exact) mass is 624 g/mol. The number of anilines is 3. The van der Waals surface area contributed by atoms with Crippen LogP contribution in [0.3, 0.4) is 0 Å². The van der Waals surface area contributed by atoms with Crippen molar-refractivity contribution in [2.75, 3.05) is 68.9 Å². The highest BCUT2D eigenvalue weighted by molar-refractivity contribution is 6.30. The number of piperazine rings is 1. The van der Waals surface area contributed by atoms with E-state index in [0.717, 1.165) is 91.9 Å². The number of benzene rings is 2. The molecule has 2 aromatic heterocycles. The molecule has 1 amide bonds. The van der Waals surface area contributed by atoms with E-state index in [1.54, 1.807) is 5.57 Å². The minimum Gasteiger partial charge on any atom is -0.474 e. The van der Waals surface area contributed by atoms with Crippen molar-refractivity contribution >= 4 is 51.2 Å². The molecule has 0 saturated carbocycles. The number of hydrogen-bond acceptors (Lipinski definition) is 7. The lowest BCUT2D eigenvalue weighted by molar-refractivity contribution is -0.116. The van der Waals surface area contributed by atoms with Gasteiger partial charge in [0.25, 0.3) is 5.91 Å². The Morgan fingerprint density at radius 3 is 2.58 bits per heavy atom. The van der Waals surface area contributed by atoms with E-state index in [1.807, 2.05) is 36.5 Å². The Kier molecular flexibility index (Phi) is 7.19. The number of nitrogens with zero attached hydrogens (tertiary/aromatic N) is 4. The van der Waals surface area contributed by atoms with Crippen LogP contribution >= 0.6 is 11.6 Å². The fourth-order valence-electron chi connectivity index (χ4n) is 7.36. The van der Waals surface area contributed by atoms with Crippen molar-refractivity contribution in [2.24, 2.45) is 11.1 Å². The van der Waals surface area contributed by atoms with E-state index in [4.69, 9.17) is 26.8 Å². The number of nitrogens with one attached hydrogen (secondary N) is 1. The number of carbonyl (C=O) groups excluding carboxylic acids is 1. The first-order chi connectivity index (χ1) is 21.9. The van der Waals surface area contributed by atoms with E-state index in [0.29, 0.717) is 30.0 Å². The number of hydrogen-bond donors (Lipinski definition) is 2. The van der Waals surface area contributed by atoms with Crippen LogP contribution in [0.5, 0.6) is 5.88 Å². The molecule has 232 valence electrons. The SMILES string of the molecule is NC(=O)c1ccc(N2CCN(CC3=C(c4ccc(Cl)cc4)CC4(CC3)COC4)CC2)cc1N1CCOc2nc3[nH]ccc3cc21. The van der Waals surface area contributed by atoms with Crippen LogP contribution in [0.15, 0.2) is 66.4 Å². The predicted octanol–water partition coefficient (Wildman–Crippen LogP) is 5.62. The Morgan fingerprint density at radius 1 is 1.00 bits per heavy atom. The Morgan fingerprint density at radius 2 is 1.82 bits per heavy atom. The summed E-state index contributed by atoms with van der Waals surface area (Å²) in [5, 5.41) is 1.76. The normalized spacial score (nSPS) is 19.8. The zero-order valence-corrected chi connectivity index (χ0v) is 26.0. The summed E-state index contributed by atoms with van der Waals surface area (Å²) in [6, 6.07) is 18.4. The molecule has 45 heavy (non-hydrogen) atoms. The van der Waals surface area contributed by atoms with Gasteiger partial charge in [0.1, 0.15) is 17.9 Å². The molecule has 1 aliphatic carbocycles. The van der Waals surface area contributed by atoms with Crippen LogP contribution in [-0.4, -0.2) is 79.9 Å². The van der Waals surface area contributed by atoms with Gasteiger partial charge in [0, 0.05) is 60.4 Å². The third kappa shape index (κ3) is 5.32. The van der Waals surface area contributed by atoms with Gasteiger partial charge < -0.3 is 30.0 Å². The fourth-order valence-corrected chi connectivity index (χ4v) is 7.49. The van der Waals surface area contributed by atoms with Crippen LogP contribution in [0.25, 0.3) is 16.6 Å². The zero-order valence-electron chi connectivity index (χ0n) is 25.2. The van der Waals surface area contributed by atoms with Gasteiger partial charge >= 0.3 is 0 Å². The lowest BCUT2D eigenvalue weighted by Crippen LogP contribution is -2.48. The Balaban J connectivity index is 1.02. The number of carbonyl (C=O) groups is 1. The van der Waals surface area contributed by atoms with Crippen molar-refractivity contribution < 1.29 is 14.3 Å². The molecule has 0 atom stereocenters. The lowest BCUT2D eigenvalue weighted by atomic mass is 9.69. The number of pyridine rings is 1. The average Bonchev–Trinajstić information content (AvgIpc) is 3.51. The summed E-state index contributed by atoms with van der Waals surface area (Å²) in [6.45, 7) is 7.54. The van der Waals surface area contributed by atoms with Gasteiger partial charge in [-0.05, 0) is 72.9 Å². The number of primary amides is 1. The van der Waals surface area contributed by atoms with Gasteiger partial charge in [-0.1, -0.05) is 29.3 Å². The molecule has 0 unspecified atom stereocenters. The van der Waals surface area contributed by atoms with Crippen molar-refractivity contribution in [1.82, 2.24) is 14.9 Å². The zero-order chi connectivity index (χ0) is 30.5. The molecule has 0 bridgehead atoms. The molecule has 3 N–H and O–H groups in total. The number of halogens is 1. The number of H-pyrrole nitrogens is 1. The largest absolute Gasteiger partial charge is 0.474 e. The number of aromatic amines is 1. The highest BCUT2D eigenvalue weighted by Crippen LogP contribution is 2.48. The van der Waals surface area contributed by atoms with E-state index >= 15 is 0 Å². The molecule has 3 aliphatic heterocycles. The summed E-state index contributed by atoms with van der Waals surface area (Å²) in [5.41, 5.74) is 14.5. The van der Waals surface area contributed by atoms with Gasteiger partial charge in [-0.25, -0.2) is 0 Å². The molecule has 2 aromatic carbocycles. The van der Waals surface area contributed by atoms with Gasteiger partial charge in [0.15, 0.2) is 0 Å². The quantitative estimate of drug-likeness (QED) is 0.287. The molecule has 10 heteroatoms. The second-order valence-corrected chi connectivity index (χ2v) is 13.3. The maximum atomic E-state index is 12.6. The number of aromatic nitrogens is 2. The van der Waals surface area contributed by atoms with Gasteiger partial charge in [0.2, 0.25) is 5.88 Å². The second kappa shape index (κ2) is 11.4. The standard InChI is InChI=1S/C35H37ClN6O3/c36-26-3-1-23(2-4-26)29-19-35(21-44-22-35)9-7-25(29)20-40-11-13-41(14-12-40)27-5-6-28(32(37)43)30(18-27)42-15-16-45-34-31(42)17-24-8-10-38-33(24)39-34/h1-6,8,10,17-18H,7,9,11-16,19-22H2,(H2,37,43)(H,38,39). The first-order valence-corrected chi connectivity index (χ1v) is 16.2. The molecule has 8 rings (SSSR count). The minimum absolute atomic E-state index is 0.302. The van der Waals surface area contributed by atoms with Crippen LogP contribution in [0.1, 0.15) is 35.2 Å². The molecule has 4 aliphatic rings. The third-order valence-corrected chi connectivity index (χ3v) is 10.2. The molecule has 0 radical (unpaired) electrons. The van der Waals surface area contributed by atoms with Gasteiger partial charge in [0.05, 0.1) is 31.0 Å². The van der Waals surface area contributed by atoms with Gasteiger partial charge in [-0.2, -0.15) is 4.98 Å². The van der Waals surface area contributed by atoms with Crippen LogP contribution in [-0.2, 0) is 4.74 Å². The summed E-state index contributed by atoms with van der Waals surface area (Å²) in [6.07, 6.45) is 5.26. The van der Waals surface area contributed by atoms with Crippen molar-refractivity contribution in [3.8, 4) is 5.88 Å². The summed E-state index contributed by atoms with van der Waals surface area (Å²) in [5.74, 6) is 0.106. The highest BCUT2D eigenvalue weighted by Gasteiger charge is 2.42. The average molecular weight is 625 g/mol. The van der Waals surface area contributed by atoms with E-state index in [9.17, 15) is 4.79 Å². The number of ether oxygens (including phenoxy) is 2. The molecule has 2 fully saturated rings. The van der Waals surface area contributed by atoms with Gasteiger partial charge in [-0.3, -0.25) is 9.69 Å². The summed E-state index contributed by atoms with van der Waals surface area (Å²) < 4.78 is 11.6. The second-order valence-electron chi connectivity index (χ2n) is 12.8. The maximum Gasteiger partial charge on any atom is 0.250 e. The molecule has 2 saturated heterocycles. The third-order valence-electron chi connectivity index (χ3n) is 9.96. The number of rotatable bonds is 6. The minimum atomic E-state index is -0.447. The molecular formula is C35H37ClN6O3. The summed E-state index contributed by atoms with van der Waals surface area (Å²) in [7, 11) is 0. The topological polar surface area (TPSA) is 100.0 Å². The van der Waals surface area contributed by atoms with E-state index in [-0.39, 0.29) is 0 Å². The fraction of sp³-hybridized carbons (Fsp3) is 0.371. The lowest BCUT2D eigenvalue weighted by Gasteiger charge is -2.46. The van der Waals surface area contributed by atoms with Crippen LogP contribution in [0.4, 0.5) is 17.1 Å². The summed E-state index contributed by atoms with van der Waals surface area (Å²) in [4.78, 5) is 27.5. The van der Waals surface area contributed by atoms with Crippen LogP contribution in [0, 0.1) is 5.41 Å². The van der Waals surface area contributed by atoms with E-state index in [2.05, 4.69) is 48.9 Å². The molecule has 9 nitrogen and oxygen atoms in total. The van der Waals surface area contributed by atoms with Crippen molar-refractivity contribution in [1.29, 1.82) is 0 Å². The maximum absolute atomic E-state index is 12.6. The number of nitrogens with two attached hydrogens (primary N) is 1.